The largest absolute Gasteiger partial charge is 0.394 e. The number of amides is 3. The molecule has 6 atom stereocenters. The summed E-state index contributed by atoms with van der Waals surface area (Å²) in [7, 11) is 1.77. The number of hydrogen-bond donors (Lipinski definition) is 1. The Bertz CT molecular complexity index is 1080. The number of carbonyl (C=O) groups is 3. The highest BCUT2D eigenvalue weighted by molar-refractivity contribution is 8.02. The van der Waals surface area contributed by atoms with Gasteiger partial charge in [0, 0.05) is 31.9 Å². The van der Waals surface area contributed by atoms with Crippen molar-refractivity contribution in [2.45, 2.75) is 48.3 Å². The van der Waals surface area contributed by atoms with E-state index in [9.17, 15) is 19.5 Å². The molecule has 1 unspecified atom stereocenters. The van der Waals surface area contributed by atoms with Gasteiger partial charge in [0.1, 0.15) is 6.04 Å². The molecule has 7 nitrogen and oxygen atoms in total. The summed E-state index contributed by atoms with van der Waals surface area (Å²) in [5, 5.41) is 10.4. The molecule has 3 amide bonds. The second kappa shape index (κ2) is 10.1. The molecule has 192 valence electrons. The number of benzene rings is 1. The van der Waals surface area contributed by atoms with Gasteiger partial charge in [0.2, 0.25) is 17.7 Å². The van der Waals surface area contributed by atoms with E-state index in [1.165, 1.54) is 0 Å². The van der Waals surface area contributed by atoms with E-state index in [0.29, 0.717) is 26.1 Å². The van der Waals surface area contributed by atoms with Gasteiger partial charge in [0.05, 0.1) is 29.2 Å². The maximum absolute atomic E-state index is 14.3. The van der Waals surface area contributed by atoms with Crippen LogP contribution in [0.3, 0.4) is 0 Å². The van der Waals surface area contributed by atoms with Gasteiger partial charge in [-0.15, -0.1) is 11.8 Å². The third kappa shape index (κ3) is 3.98. The van der Waals surface area contributed by atoms with Gasteiger partial charge < -0.3 is 19.8 Å². The van der Waals surface area contributed by atoms with Crippen molar-refractivity contribution in [2.24, 2.45) is 11.8 Å². The lowest BCUT2D eigenvalue weighted by Gasteiger charge is -2.38. The lowest BCUT2D eigenvalue weighted by Crippen LogP contribution is -2.57. The van der Waals surface area contributed by atoms with Crippen LogP contribution in [0.1, 0.15) is 25.3 Å². The molecule has 5 rings (SSSR count). The number of carbonyl (C=O) groups excluding carboxylic acids is 3. The molecule has 36 heavy (non-hydrogen) atoms. The van der Waals surface area contributed by atoms with E-state index in [1.54, 1.807) is 28.6 Å². The quantitative estimate of drug-likeness (QED) is 0.570. The SMILES string of the molecule is CCCCN1CC=C[C@]23S[C@@H]4C=CCN(C)C(=O)[C@@H]4[C@H]2C(=O)N([C@@H](CO)Cc2ccccc2)C3C1=O. The first kappa shape index (κ1) is 25.1. The third-order valence-corrected chi connectivity index (χ3v) is 9.83. The van der Waals surface area contributed by atoms with Crippen LogP contribution in [0.4, 0.5) is 0 Å². The molecule has 4 heterocycles. The number of aliphatic hydroxyl groups excluding tert-OH is 1. The summed E-state index contributed by atoms with van der Waals surface area (Å²) in [5.74, 6) is -1.50. The van der Waals surface area contributed by atoms with Gasteiger partial charge >= 0.3 is 0 Å². The van der Waals surface area contributed by atoms with Gasteiger partial charge in [0.15, 0.2) is 0 Å². The third-order valence-electron chi connectivity index (χ3n) is 8.08. The van der Waals surface area contributed by atoms with Gasteiger partial charge in [-0.05, 0) is 18.4 Å². The molecule has 2 fully saturated rings. The maximum Gasteiger partial charge on any atom is 0.247 e. The molecule has 1 spiro atoms. The minimum absolute atomic E-state index is 0.0510. The molecule has 2 saturated heterocycles. The maximum atomic E-state index is 14.3. The van der Waals surface area contributed by atoms with Crippen LogP contribution in [0.15, 0.2) is 54.6 Å². The smallest absolute Gasteiger partial charge is 0.247 e. The fraction of sp³-hybridized carbons (Fsp3) is 0.536. The Labute approximate surface area is 217 Å². The second-order valence-corrected chi connectivity index (χ2v) is 11.8. The molecule has 0 saturated carbocycles. The lowest BCUT2D eigenvalue weighted by atomic mass is 9.78. The van der Waals surface area contributed by atoms with E-state index in [-0.39, 0.29) is 29.6 Å². The Morgan fingerprint density at radius 3 is 2.58 bits per heavy atom. The summed E-state index contributed by atoms with van der Waals surface area (Å²) in [6.07, 6.45) is 10.4. The summed E-state index contributed by atoms with van der Waals surface area (Å²) < 4.78 is -0.841. The van der Waals surface area contributed by atoms with Gasteiger partial charge in [-0.1, -0.05) is 68.0 Å². The fourth-order valence-corrected chi connectivity index (χ4v) is 8.32. The zero-order valence-electron chi connectivity index (χ0n) is 21.0. The van der Waals surface area contributed by atoms with Crippen molar-refractivity contribution in [3.63, 3.8) is 0 Å². The first-order chi connectivity index (χ1) is 17.4. The highest BCUT2D eigenvalue weighted by Crippen LogP contribution is 2.61. The molecule has 8 heteroatoms. The van der Waals surface area contributed by atoms with Crippen LogP contribution in [0.5, 0.6) is 0 Å². The zero-order valence-corrected chi connectivity index (χ0v) is 21.8. The van der Waals surface area contributed by atoms with Crippen molar-refractivity contribution < 1.29 is 19.5 Å². The van der Waals surface area contributed by atoms with Crippen LogP contribution < -0.4 is 0 Å². The Morgan fingerprint density at radius 1 is 1.08 bits per heavy atom. The molecule has 4 aliphatic heterocycles. The van der Waals surface area contributed by atoms with E-state index in [0.717, 1.165) is 18.4 Å². The summed E-state index contributed by atoms with van der Waals surface area (Å²) in [6.45, 7) is 3.48. The summed E-state index contributed by atoms with van der Waals surface area (Å²) in [5.41, 5.74) is 0.994. The summed E-state index contributed by atoms with van der Waals surface area (Å²) in [6, 6.07) is 8.44. The standard InChI is InChI=1S/C28H35N3O4S/c1-3-4-15-30-16-9-13-28-23(22-21(36-28)12-8-14-29(2)25(22)33)26(34)31(24(28)27(30)35)20(18-32)17-19-10-6-5-7-11-19/h5-13,20-24,32H,3-4,14-18H2,1-2H3/t20-,21-,22+,23+,24?,28+/m1/s1. The van der Waals surface area contributed by atoms with E-state index >= 15 is 0 Å². The Hall–Kier alpha value is -2.58. The molecule has 1 aromatic rings. The second-order valence-electron chi connectivity index (χ2n) is 10.3. The van der Waals surface area contributed by atoms with Gasteiger partial charge in [-0.25, -0.2) is 0 Å². The van der Waals surface area contributed by atoms with Crippen molar-refractivity contribution in [1.29, 1.82) is 0 Å². The minimum atomic E-state index is -0.841. The van der Waals surface area contributed by atoms with Crippen LogP contribution in [-0.2, 0) is 20.8 Å². The van der Waals surface area contributed by atoms with Crippen molar-refractivity contribution >= 4 is 29.5 Å². The fourth-order valence-electron chi connectivity index (χ4n) is 6.33. The van der Waals surface area contributed by atoms with E-state index in [2.05, 4.69) is 6.92 Å². The van der Waals surface area contributed by atoms with E-state index < -0.39 is 28.7 Å². The number of nitrogens with zero attached hydrogens (tertiary/aromatic N) is 3. The summed E-state index contributed by atoms with van der Waals surface area (Å²) >= 11 is 1.59. The zero-order chi connectivity index (χ0) is 25.4. The number of thioether (sulfide) groups is 1. The number of unbranched alkanes of at least 4 members (excludes halogenated alkanes) is 1. The predicted molar refractivity (Wildman–Crippen MR) is 140 cm³/mol. The average molecular weight is 510 g/mol. The molecular weight excluding hydrogens is 474 g/mol. The Balaban J connectivity index is 1.60. The van der Waals surface area contributed by atoms with Crippen LogP contribution >= 0.6 is 11.8 Å². The summed E-state index contributed by atoms with van der Waals surface area (Å²) in [4.78, 5) is 47.2. The number of hydrogen-bond acceptors (Lipinski definition) is 5. The number of likely N-dealkylation sites (N-methyl/N-ethyl adjacent to an activating group) is 1. The highest BCUT2D eigenvalue weighted by atomic mass is 32.2. The molecule has 0 aromatic heterocycles. The molecular formula is C28H35N3O4S. The van der Waals surface area contributed by atoms with Crippen LogP contribution in [0.2, 0.25) is 0 Å². The van der Waals surface area contributed by atoms with E-state index in [4.69, 9.17) is 0 Å². The molecule has 4 aliphatic rings. The van der Waals surface area contributed by atoms with Gasteiger partial charge in [-0.2, -0.15) is 0 Å². The number of rotatable bonds is 7. The highest BCUT2D eigenvalue weighted by Gasteiger charge is 2.71. The Kier molecular flexibility index (Phi) is 7.01. The number of likely N-dealkylation sites (tertiary alicyclic amines) is 1. The topological polar surface area (TPSA) is 81.2 Å². The van der Waals surface area contributed by atoms with Crippen molar-refractivity contribution in [1.82, 2.24) is 14.7 Å². The molecule has 1 aromatic carbocycles. The van der Waals surface area contributed by atoms with Gasteiger partial charge in [-0.3, -0.25) is 14.4 Å². The van der Waals surface area contributed by atoms with Crippen molar-refractivity contribution in [3.05, 3.63) is 60.2 Å². The molecule has 0 aliphatic carbocycles. The van der Waals surface area contributed by atoms with Gasteiger partial charge in [0.25, 0.3) is 0 Å². The predicted octanol–water partition coefficient (Wildman–Crippen LogP) is 2.11. The van der Waals surface area contributed by atoms with Crippen molar-refractivity contribution in [2.75, 3.05) is 33.3 Å². The normalized spacial score (nSPS) is 32.3. The average Bonchev–Trinajstić information content (AvgIpc) is 3.22. The number of aliphatic hydroxyl groups is 1. The van der Waals surface area contributed by atoms with Crippen LogP contribution in [0.25, 0.3) is 0 Å². The molecule has 0 bridgehead atoms. The first-order valence-corrected chi connectivity index (χ1v) is 13.8. The van der Waals surface area contributed by atoms with Crippen LogP contribution in [0, 0.1) is 11.8 Å². The van der Waals surface area contributed by atoms with E-state index in [1.807, 2.05) is 59.5 Å². The monoisotopic (exact) mass is 509 g/mol. The van der Waals surface area contributed by atoms with Crippen molar-refractivity contribution in [3.8, 4) is 0 Å². The number of fused-ring (bicyclic) bond motifs is 2. The molecule has 1 N–H and O–H groups in total. The minimum Gasteiger partial charge on any atom is -0.394 e. The first-order valence-electron chi connectivity index (χ1n) is 13.0. The molecule has 0 radical (unpaired) electrons. The lowest BCUT2D eigenvalue weighted by molar-refractivity contribution is -0.146. The Morgan fingerprint density at radius 2 is 1.86 bits per heavy atom. The van der Waals surface area contributed by atoms with Crippen LogP contribution in [-0.4, -0.2) is 92.9 Å².